The van der Waals surface area contributed by atoms with Gasteiger partial charge >= 0.3 is 0 Å². The van der Waals surface area contributed by atoms with E-state index in [2.05, 4.69) is 4.74 Å². The molecular formula is C9H11F2NO2. The number of hydrogen-bond acceptors (Lipinski definition) is 3. The standard InChI is InChI=1S/C9H11F2NO2/c1-14-6-4-5(2-3-12)7(10)9(13)8(6)11/h4,13H,2-3,12H2,1H3. The van der Waals surface area contributed by atoms with E-state index in [9.17, 15) is 8.78 Å². The number of methoxy groups -OCH3 is 1. The van der Waals surface area contributed by atoms with E-state index in [1.165, 1.54) is 13.2 Å². The largest absolute Gasteiger partial charge is 0.503 e. The summed E-state index contributed by atoms with van der Waals surface area (Å²) in [5.74, 6) is -3.28. The molecule has 0 spiro atoms. The SMILES string of the molecule is COc1cc(CCN)c(F)c(O)c1F. The average molecular weight is 203 g/mol. The van der Waals surface area contributed by atoms with Crippen molar-refractivity contribution in [2.45, 2.75) is 6.42 Å². The van der Waals surface area contributed by atoms with Gasteiger partial charge in [-0.25, -0.2) is 4.39 Å². The number of aromatic hydroxyl groups is 1. The zero-order valence-electron chi connectivity index (χ0n) is 7.68. The Bertz CT molecular complexity index is 342. The third kappa shape index (κ3) is 1.77. The van der Waals surface area contributed by atoms with E-state index in [0.29, 0.717) is 0 Å². The third-order valence-electron chi connectivity index (χ3n) is 1.85. The van der Waals surface area contributed by atoms with Gasteiger partial charge in [0.2, 0.25) is 5.82 Å². The Labute approximate surface area is 80.1 Å². The van der Waals surface area contributed by atoms with Crippen LogP contribution in [0.2, 0.25) is 0 Å². The summed E-state index contributed by atoms with van der Waals surface area (Å²) in [4.78, 5) is 0. The second-order valence-corrected chi connectivity index (χ2v) is 2.75. The molecule has 0 aromatic heterocycles. The third-order valence-corrected chi connectivity index (χ3v) is 1.85. The van der Waals surface area contributed by atoms with Crippen LogP contribution < -0.4 is 10.5 Å². The molecule has 1 aromatic rings. The Balaban J connectivity index is 3.25. The molecule has 0 fully saturated rings. The van der Waals surface area contributed by atoms with Crippen LogP contribution in [-0.2, 0) is 6.42 Å². The summed E-state index contributed by atoms with van der Waals surface area (Å²) in [5.41, 5.74) is 5.37. The van der Waals surface area contributed by atoms with E-state index in [1.807, 2.05) is 0 Å². The lowest BCUT2D eigenvalue weighted by molar-refractivity contribution is 0.348. The highest BCUT2D eigenvalue weighted by atomic mass is 19.1. The second kappa shape index (κ2) is 4.23. The van der Waals surface area contributed by atoms with Crippen molar-refractivity contribution >= 4 is 0 Å². The molecule has 5 heteroatoms. The van der Waals surface area contributed by atoms with Crippen LogP contribution >= 0.6 is 0 Å². The van der Waals surface area contributed by atoms with Crippen molar-refractivity contribution in [2.24, 2.45) is 5.73 Å². The van der Waals surface area contributed by atoms with Crippen molar-refractivity contribution in [3.63, 3.8) is 0 Å². The molecule has 0 aliphatic rings. The number of phenolic OH excluding ortho intramolecular Hbond substituents is 1. The maximum atomic E-state index is 13.2. The molecule has 1 rings (SSSR count). The highest BCUT2D eigenvalue weighted by Crippen LogP contribution is 2.31. The first-order valence-corrected chi connectivity index (χ1v) is 4.05. The van der Waals surface area contributed by atoms with Gasteiger partial charge in [0.1, 0.15) is 0 Å². The number of rotatable bonds is 3. The molecule has 14 heavy (non-hydrogen) atoms. The van der Waals surface area contributed by atoms with E-state index in [0.717, 1.165) is 0 Å². The molecule has 0 aliphatic heterocycles. The maximum absolute atomic E-state index is 13.2. The first-order chi connectivity index (χ1) is 6.61. The van der Waals surface area contributed by atoms with Gasteiger partial charge in [-0.05, 0) is 24.6 Å². The van der Waals surface area contributed by atoms with Crippen LogP contribution in [0.1, 0.15) is 5.56 Å². The minimum atomic E-state index is -1.09. The number of nitrogens with two attached hydrogens (primary N) is 1. The van der Waals surface area contributed by atoms with Gasteiger partial charge in [-0.1, -0.05) is 0 Å². The lowest BCUT2D eigenvalue weighted by Crippen LogP contribution is -2.06. The van der Waals surface area contributed by atoms with Gasteiger partial charge in [0.05, 0.1) is 7.11 Å². The number of halogens is 2. The number of benzene rings is 1. The quantitative estimate of drug-likeness (QED) is 0.775. The summed E-state index contributed by atoms with van der Waals surface area (Å²) in [6.07, 6.45) is 0.218. The van der Waals surface area contributed by atoms with Gasteiger partial charge in [0, 0.05) is 0 Å². The molecular weight excluding hydrogens is 192 g/mol. The second-order valence-electron chi connectivity index (χ2n) is 2.75. The summed E-state index contributed by atoms with van der Waals surface area (Å²) in [7, 11) is 1.24. The zero-order valence-corrected chi connectivity index (χ0v) is 7.68. The van der Waals surface area contributed by atoms with Crippen LogP contribution in [0.4, 0.5) is 8.78 Å². The Morgan fingerprint density at radius 2 is 2.07 bits per heavy atom. The summed E-state index contributed by atoms with van der Waals surface area (Å²) in [5, 5.41) is 9.05. The molecule has 0 unspecified atom stereocenters. The number of phenols is 1. The van der Waals surface area contributed by atoms with Crippen LogP contribution in [-0.4, -0.2) is 18.8 Å². The topological polar surface area (TPSA) is 55.5 Å². The van der Waals surface area contributed by atoms with Gasteiger partial charge in [-0.3, -0.25) is 0 Å². The van der Waals surface area contributed by atoms with E-state index < -0.39 is 17.4 Å². The lowest BCUT2D eigenvalue weighted by Gasteiger charge is -2.08. The van der Waals surface area contributed by atoms with Crippen LogP contribution in [0.25, 0.3) is 0 Å². The molecule has 0 bridgehead atoms. The van der Waals surface area contributed by atoms with Crippen molar-refractivity contribution in [3.05, 3.63) is 23.3 Å². The summed E-state index contributed by atoms with van der Waals surface area (Å²) < 4.78 is 30.8. The molecule has 0 amide bonds. The van der Waals surface area contributed by atoms with E-state index in [-0.39, 0.29) is 24.3 Å². The predicted octanol–water partition coefficient (Wildman–Crippen LogP) is 1.18. The van der Waals surface area contributed by atoms with Crippen molar-refractivity contribution in [2.75, 3.05) is 13.7 Å². The van der Waals surface area contributed by atoms with Gasteiger partial charge in [-0.15, -0.1) is 0 Å². The number of hydrogen-bond donors (Lipinski definition) is 2. The molecule has 0 saturated heterocycles. The lowest BCUT2D eigenvalue weighted by atomic mass is 10.1. The maximum Gasteiger partial charge on any atom is 0.209 e. The molecule has 3 N–H and O–H groups in total. The molecule has 0 radical (unpaired) electrons. The Morgan fingerprint density at radius 3 is 2.57 bits per heavy atom. The molecule has 3 nitrogen and oxygen atoms in total. The number of ether oxygens (including phenoxy) is 1. The van der Waals surface area contributed by atoms with E-state index in [1.54, 1.807) is 0 Å². The van der Waals surface area contributed by atoms with Crippen molar-refractivity contribution in [3.8, 4) is 11.5 Å². The first-order valence-electron chi connectivity index (χ1n) is 4.05. The summed E-state index contributed by atoms with van der Waals surface area (Å²) in [6.45, 7) is 0.213. The van der Waals surface area contributed by atoms with Gasteiger partial charge in [-0.2, -0.15) is 4.39 Å². The highest BCUT2D eigenvalue weighted by Gasteiger charge is 2.17. The van der Waals surface area contributed by atoms with Crippen molar-refractivity contribution < 1.29 is 18.6 Å². The molecule has 78 valence electrons. The summed E-state index contributed by atoms with van der Waals surface area (Å²) in [6, 6.07) is 1.19. The fourth-order valence-corrected chi connectivity index (χ4v) is 1.14. The fourth-order valence-electron chi connectivity index (χ4n) is 1.14. The minimum Gasteiger partial charge on any atom is -0.503 e. The van der Waals surface area contributed by atoms with Crippen LogP contribution in [0.15, 0.2) is 6.07 Å². The molecule has 0 heterocycles. The normalized spacial score (nSPS) is 10.3. The first kappa shape index (κ1) is 10.7. The monoisotopic (exact) mass is 203 g/mol. The van der Waals surface area contributed by atoms with Gasteiger partial charge in [0.25, 0.3) is 0 Å². The Morgan fingerprint density at radius 1 is 1.43 bits per heavy atom. The van der Waals surface area contributed by atoms with Crippen LogP contribution in [0.5, 0.6) is 11.5 Å². The zero-order chi connectivity index (χ0) is 10.7. The molecule has 0 saturated carbocycles. The van der Waals surface area contributed by atoms with Crippen molar-refractivity contribution in [1.82, 2.24) is 0 Å². The predicted molar refractivity (Wildman–Crippen MR) is 47.3 cm³/mol. The van der Waals surface area contributed by atoms with E-state index >= 15 is 0 Å². The summed E-state index contributed by atoms with van der Waals surface area (Å²) >= 11 is 0. The smallest absolute Gasteiger partial charge is 0.209 e. The Hall–Kier alpha value is -1.36. The van der Waals surface area contributed by atoms with Crippen LogP contribution in [0, 0.1) is 11.6 Å². The minimum absolute atomic E-state index is 0.142. The molecule has 0 aliphatic carbocycles. The average Bonchev–Trinajstić information content (AvgIpc) is 2.19. The molecule has 0 atom stereocenters. The highest BCUT2D eigenvalue weighted by molar-refractivity contribution is 5.41. The van der Waals surface area contributed by atoms with Crippen molar-refractivity contribution in [1.29, 1.82) is 0 Å². The Kier molecular flexibility index (Phi) is 3.24. The van der Waals surface area contributed by atoms with Gasteiger partial charge in [0.15, 0.2) is 17.3 Å². The fraction of sp³-hybridized carbons (Fsp3) is 0.333. The van der Waals surface area contributed by atoms with Gasteiger partial charge < -0.3 is 15.6 Å². The van der Waals surface area contributed by atoms with E-state index in [4.69, 9.17) is 10.8 Å². The molecule has 1 aromatic carbocycles. The van der Waals surface area contributed by atoms with Crippen LogP contribution in [0.3, 0.4) is 0 Å².